The van der Waals surface area contributed by atoms with Crippen LogP contribution in [0.5, 0.6) is 0 Å². The molecule has 22 heavy (non-hydrogen) atoms. The summed E-state index contributed by atoms with van der Waals surface area (Å²) in [6, 6.07) is 10.4. The fraction of sp³-hybridized carbons (Fsp3) is 0.500. The summed E-state index contributed by atoms with van der Waals surface area (Å²) in [6.45, 7) is 1.37. The molecule has 2 fully saturated rings. The average Bonchev–Trinajstić information content (AvgIpc) is 2.91. The van der Waals surface area contributed by atoms with Crippen molar-refractivity contribution >= 4 is 16.8 Å². The van der Waals surface area contributed by atoms with Crippen LogP contribution in [0.25, 0.3) is 10.9 Å². The van der Waals surface area contributed by atoms with Crippen LogP contribution < -0.4 is 0 Å². The Kier molecular flexibility index (Phi) is 3.41. The van der Waals surface area contributed by atoms with Gasteiger partial charge in [0.05, 0.1) is 18.8 Å². The summed E-state index contributed by atoms with van der Waals surface area (Å²) in [5, 5.41) is 1.13. The quantitative estimate of drug-likeness (QED) is 0.811. The molecule has 2 aliphatic rings. The molecule has 0 bridgehead atoms. The van der Waals surface area contributed by atoms with Gasteiger partial charge in [-0.2, -0.15) is 0 Å². The second-order valence-corrected chi connectivity index (χ2v) is 6.41. The van der Waals surface area contributed by atoms with Crippen LogP contribution in [0.4, 0.5) is 0 Å². The van der Waals surface area contributed by atoms with Gasteiger partial charge >= 0.3 is 0 Å². The maximum atomic E-state index is 13.1. The van der Waals surface area contributed by atoms with E-state index in [9.17, 15) is 4.79 Å². The number of aromatic nitrogens is 1. The molecular weight excluding hydrogens is 276 g/mol. The predicted molar refractivity (Wildman–Crippen MR) is 86.0 cm³/mol. The normalized spacial score (nSPS) is 25.2. The lowest BCUT2D eigenvalue weighted by Crippen LogP contribution is -2.55. The minimum Gasteiger partial charge on any atom is -0.374 e. The van der Waals surface area contributed by atoms with Crippen molar-refractivity contribution in [3.05, 3.63) is 36.0 Å². The molecule has 4 rings (SSSR count). The Labute approximate surface area is 130 Å². The number of nitrogens with zero attached hydrogens (tertiary/aromatic N) is 2. The first-order valence-electron chi connectivity index (χ1n) is 8.23. The summed E-state index contributed by atoms with van der Waals surface area (Å²) < 4.78 is 7.91. The third-order valence-electron chi connectivity index (χ3n) is 5.16. The summed E-state index contributed by atoms with van der Waals surface area (Å²) in [4.78, 5) is 15.2. The lowest BCUT2D eigenvalue weighted by atomic mass is 9.90. The highest BCUT2D eigenvalue weighted by Gasteiger charge is 2.37. The zero-order valence-electron chi connectivity index (χ0n) is 13.0. The standard InChI is InChI=1S/C18H22N2O2/c1-19-14-7-3-2-6-13(14)12-16(19)18(21)20-10-11-22-17-9-5-4-8-15(17)20/h2-3,6-7,12,15,17H,4-5,8-11H2,1H3/t15-,17-/m1/s1. The lowest BCUT2D eigenvalue weighted by Gasteiger charge is -2.43. The number of aryl methyl sites for hydroxylation is 1. The lowest BCUT2D eigenvalue weighted by molar-refractivity contribution is -0.0754. The number of carbonyl (C=O) groups excluding carboxylic acids is 1. The number of hydrogen-bond acceptors (Lipinski definition) is 2. The number of morpholine rings is 1. The molecule has 1 aromatic heterocycles. The van der Waals surface area contributed by atoms with Crippen LogP contribution in [0.15, 0.2) is 30.3 Å². The average molecular weight is 298 g/mol. The minimum absolute atomic E-state index is 0.152. The van der Waals surface area contributed by atoms with Gasteiger partial charge in [-0.15, -0.1) is 0 Å². The van der Waals surface area contributed by atoms with Gasteiger partial charge in [0.25, 0.3) is 5.91 Å². The number of benzene rings is 1. The van der Waals surface area contributed by atoms with Crippen LogP contribution in [0.2, 0.25) is 0 Å². The largest absolute Gasteiger partial charge is 0.374 e. The summed E-state index contributed by atoms with van der Waals surface area (Å²) in [6.07, 6.45) is 4.81. The van der Waals surface area contributed by atoms with Crippen molar-refractivity contribution in [2.24, 2.45) is 7.05 Å². The number of hydrogen-bond donors (Lipinski definition) is 0. The Hall–Kier alpha value is -1.81. The molecule has 116 valence electrons. The van der Waals surface area contributed by atoms with Crippen LogP contribution >= 0.6 is 0 Å². The van der Waals surface area contributed by atoms with Crippen LogP contribution in [0.3, 0.4) is 0 Å². The van der Waals surface area contributed by atoms with Crippen molar-refractivity contribution in [1.29, 1.82) is 0 Å². The highest BCUT2D eigenvalue weighted by atomic mass is 16.5. The first-order chi connectivity index (χ1) is 10.8. The van der Waals surface area contributed by atoms with Gasteiger partial charge in [-0.25, -0.2) is 0 Å². The first kappa shape index (κ1) is 13.8. The Bertz CT molecular complexity index is 704. The number of para-hydroxylation sites is 1. The summed E-state index contributed by atoms with van der Waals surface area (Å²) >= 11 is 0. The van der Waals surface area contributed by atoms with Gasteiger partial charge in [-0.3, -0.25) is 4.79 Å². The van der Waals surface area contributed by atoms with E-state index in [0.717, 1.165) is 29.4 Å². The van der Waals surface area contributed by atoms with Crippen LogP contribution in [-0.4, -0.2) is 40.7 Å². The molecule has 1 saturated carbocycles. The van der Waals surface area contributed by atoms with E-state index >= 15 is 0 Å². The van der Waals surface area contributed by atoms with E-state index in [1.807, 2.05) is 29.8 Å². The minimum atomic E-state index is 0.152. The topological polar surface area (TPSA) is 34.5 Å². The van der Waals surface area contributed by atoms with E-state index in [2.05, 4.69) is 17.0 Å². The van der Waals surface area contributed by atoms with Crippen LogP contribution in [-0.2, 0) is 11.8 Å². The third kappa shape index (κ3) is 2.13. The van der Waals surface area contributed by atoms with Gasteiger partial charge in [-0.1, -0.05) is 31.0 Å². The summed E-state index contributed by atoms with van der Waals surface area (Å²) in [7, 11) is 1.98. The molecule has 2 atom stereocenters. The molecule has 0 unspecified atom stereocenters. The molecule has 1 saturated heterocycles. The number of carbonyl (C=O) groups is 1. The van der Waals surface area contributed by atoms with E-state index in [-0.39, 0.29) is 18.1 Å². The van der Waals surface area contributed by atoms with Crippen molar-refractivity contribution in [1.82, 2.24) is 9.47 Å². The summed E-state index contributed by atoms with van der Waals surface area (Å²) in [5.41, 5.74) is 1.90. The molecular formula is C18H22N2O2. The number of amides is 1. The highest BCUT2D eigenvalue weighted by Crippen LogP contribution is 2.30. The van der Waals surface area contributed by atoms with Crippen molar-refractivity contribution < 1.29 is 9.53 Å². The van der Waals surface area contributed by atoms with Gasteiger partial charge in [0, 0.05) is 24.5 Å². The van der Waals surface area contributed by atoms with Crippen molar-refractivity contribution in [3.8, 4) is 0 Å². The fourth-order valence-electron chi connectivity index (χ4n) is 3.99. The molecule has 1 amide bonds. The zero-order valence-corrected chi connectivity index (χ0v) is 13.0. The third-order valence-corrected chi connectivity index (χ3v) is 5.16. The molecule has 0 spiro atoms. The van der Waals surface area contributed by atoms with E-state index in [1.54, 1.807) is 0 Å². The second kappa shape index (κ2) is 5.43. The molecule has 4 heteroatoms. The van der Waals surface area contributed by atoms with Gasteiger partial charge in [-0.05, 0) is 25.0 Å². The monoisotopic (exact) mass is 298 g/mol. The smallest absolute Gasteiger partial charge is 0.270 e. The van der Waals surface area contributed by atoms with E-state index in [1.165, 1.54) is 12.8 Å². The second-order valence-electron chi connectivity index (χ2n) is 6.41. The molecule has 0 N–H and O–H groups in total. The van der Waals surface area contributed by atoms with Gasteiger partial charge in [0.1, 0.15) is 5.69 Å². The van der Waals surface area contributed by atoms with Crippen molar-refractivity contribution in [2.45, 2.75) is 37.8 Å². The van der Waals surface area contributed by atoms with E-state index < -0.39 is 0 Å². The van der Waals surface area contributed by atoms with Crippen molar-refractivity contribution in [2.75, 3.05) is 13.2 Å². The maximum Gasteiger partial charge on any atom is 0.270 e. The SMILES string of the molecule is Cn1c(C(=O)N2CCO[C@@H]3CCCC[C@H]32)cc2ccccc21. The number of rotatable bonds is 1. The van der Waals surface area contributed by atoms with Gasteiger partial charge in [0.2, 0.25) is 0 Å². The van der Waals surface area contributed by atoms with Crippen LogP contribution in [0.1, 0.15) is 36.2 Å². The van der Waals surface area contributed by atoms with Crippen molar-refractivity contribution in [3.63, 3.8) is 0 Å². The molecule has 1 aromatic carbocycles. The molecule has 4 nitrogen and oxygen atoms in total. The molecule has 1 aliphatic carbocycles. The molecule has 0 radical (unpaired) electrons. The Morgan fingerprint density at radius 2 is 2.05 bits per heavy atom. The van der Waals surface area contributed by atoms with E-state index in [0.29, 0.717) is 13.2 Å². The zero-order chi connectivity index (χ0) is 15.1. The maximum absolute atomic E-state index is 13.1. The Morgan fingerprint density at radius 3 is 2.91 bits per heavy atom. The molecule has 1 aliphatic heterocycles. The molecule has 2 heterocycles. The van der Waals surface area contributed by atoms with E-state index in [4.69, 9.17) is 4.74 Å². The number of fused-ring (bicyclic) bond motifs is 2. The van der Waals surface area contributed by atoms with Gasteiger partial charge < -0.3 is 14.2 Å². The predicted octanol–water partition coefficient (Wildman–Crippen LogP) is 2.96. The summed E-state index contributed by atoms with van der Waals surface area (Å²) in [5.74, 6) is 0.152. The fourth-order valence-corrected chi connectivity index (χ4v) is 3.99. The number of ether oxygens (including phenoxy) is 1. The molecule has 2 aromatic rings. The first-order valence-corrected chi connectivity index (χ1v) is 8.23. The van der Waals surface area contributed by atoms with Gasteiger partial charge in [0.15, 0.2) is 0 Å². The highest BCUT2D eigenvalue weighted by molar-refractivity contribution is 5.99. The van der Waals surface area contributed by atoms with Crippen LogP contribution in [0, 0.1) is 0 Å². The Morgan fingerprint density at radius 1 is 1.23 bits per heavy atom. The Balaban J connectivity index is 1.68.